The minimum absolute atomic E-state index is 0.149. The van der Waals surface area contributed by atoms with Crippen LogP contribution < -0.4 is 4.90 Å². The van der Waals surface area contributed by atoms with Crippen molar-refractivity contribution in [3.05, 3.63) is 95.0 Å². The first-order valence-corrected chi connectivity index (χ1v) is 10.2. The predicted molar refractivity (Wildman–Crippen MR) is 109 cm³/mol. The molecular formula is C20H17BrN2O2S. The number of anilines is 1. The van der Waals surface area contributed by atoms with Crippen LogP contribution in [0.3, 0.4) is 0 Å². The fourth-order valence-electron chi connectivity index (χ4n) is 2.44. The van der Waals surface area contributed by atoms with Gasteiger partial charge in [0.05, 0.1) is 4.90 Å². The van der Waals surface area contributed by atoms with Crippen LogP contribution in [0.5, 0.6) is 0 Å². The first kappa shape index (κ1) is 18.4. The second kappa shape index (κ2) is 7.85. The molecule has 0 unspecified atom stereocenters. The van der Waals surface area contributed by atoms with Crippen LogP contribution in [0, 0.1) is 0 Å². The van der Waals surface area contributed by atoms with Crippen molar-refractivity contribution in [1.82, 2.24) is 0 Å². The maximum Gasteiger partial charge on any atom is 0.284 e. The summed E-state index contributed by atoms with van der Waals surface area (Å²) in [4.78, 5) is 1.92. The molecule has 132 valence electrons. The van der Waals surface area contributed by atoms with Gasteiger partial charge in [0.15, 0.2) is 5.84 Å². The van der Waals surface area contributed by atoms with Gasteiger partial charge in [-0.05, 0) is 36.4 Å². The minimum atomic E-state index is -3.85. The summed E-state index contributed by atoms with van der Waals surface area (Å²) in [6, 6.07) is 25.3. The lowest BCUT2D eigenvalue weighted by Gasteiger charge is -2.21. The van der Waals surface area contributed by atoms with Gasteiger partial charge in [0.2, 0.25) is 0 Å². The first-order valence-electron chi connectivity index (χ1n) is 7.92. The summed E-state index contributed by atoms with van der Waals surface area (Å²) in [7, 11) is -2.05. The Balaban J connectivity index is 2.11. The number of halogens is 1. The summed E-state index contributed by atoms with van der Waals surface area (Å²) in [6.45, 7) is 0. The Morgan fingerprint density at radius 2 is 1.38 bits per heavy atom. The molecule has 0 N–H and O–H groups in total. The van der Waals surface area contributed by atoms with E-state index in [1.54, 1.807) is 24.1 Å². The van der Waals surface area contributed by atoms with Gasteiger partial charge in [-0.25, -0.2) is 0 Å². The summed E-state index contributed by atoms with van der Waals surface area (Å²) in [5, 5.41) is 0. The largest absolute Gasteiger partial charge is 0.328 e. The van der Waals surface area contributed by atoms with Crippen molar-refractivity contribution in [1.29, 1.82) is 0 Å². The van der Waals surface area contributed by atoms with Crippen molar-refractivity contribution in [2.24, 2.45) is 4.40 Å². The van der Waals surface area contributed by atoms with E-state index in [-0.39, 0.29) is 4.90 Å². The molecule has 0 heterocycles. The van der Waals surface area contributed by atoms with E-state index in [1.165, 1.54) is 12.1 Å². The average Bonchev–Trinajstić information content (AvgIpc) is 2.67. The third-order valence-electron chi connectivity index (χ3n) is 3.81. The summed E-state index contributed by atoms with van der Waals surface area (Å²) < 4.78 is 30.6. The molecule has 0 aromatic heterocycles. The van der Waals surface area contributed by atoms with Gasteiger partial charge in [-0.1, -0.05) is 64.5 Å². The quantitative estimate of drug-likeness (QED) is 0.446. The van der Waals surface area contributed by atoms with Crippen LogP contribution in [0.15, 0.2) is 98.7 Å². The van der Waals surface area contributed by atoms with Crippen LogP contribution in [0.2, 0.25) is 0 Å². The highest BCUT2D eigenvalue weighted by Gasteiger charge is 2.19. The van der Waals surface area contributed by atoms with Gasteiger partial charge in [0.25, 0.3) is 10.0 Å². The lowest BCUT2D eigenvalue weighted by molar-refractivity contribution is 0.598. The lowest BCUT2D eigenvalue weighted by Crippen LogP contribution is -2.28. The molecule has 0 radical (unpaired) electrons. The van der Waals surface area contributed by atoms with E-state index < -0.39 is 10.0 Å². The summed E-state index contributed by atoms with van der Waals surface area (Å²) in [6.07, 6.45) is 0. The predicted octanol–water partition coefficient (Wildman–Crippen LogP) is 4.72. The molecule has 0 bridgehead atoms. The van der Waals surface area contributed by atoms with Crippen molar-refractivity contribution in [2.45, 2.75) is 4.90 Å². The van der Waals surface area contributed by atoms with Crippen LogP contribution >= 0.6 is 15.9 Å². The summed E-state index contributed by atoms with van der Waals surface area (Å²) in [5.41, 5.74) is 1.57. The molecule has 0 atom stereocenters. The molecule has 0 aliphatic carbocycles. The molecule has 26 heavy (non-hydrogen) atoms. The van der Waals surface area contributed by atoms with Gasteiger partial charge >= 0.3 is 0 Å². The number of benzene rings is 3. The number of nitrogens with zero attached hydrogens (tertiary/aromatic N) is 2. The normalized spacial score (nSPS) is 12.0. The maximum atomic E-state index is 12.8. The molecule has 0 saturated carbocycles. The zero-order valence-corrected chi connectivity index (χ0v) is 16.5. The van der Waals surface area contributed by atoms with E-state index in [2.05, 4.69) is 20.3 Å². The molecule has 0 aliphatic rings. The van der Waals surface area contributed by atoms with Crippen LogP contribution in [-0.2, 0) is 10.0 Å². The standard InChI is InChI=1S/C20H17BrN2O2S/c1-23(18-10-6-3-7-11-18)20(16-8-4-2-5-9-16)22-26(24,25)19-14-12-17(21)13-15-19/h2-15H,1H3. The van der Waals surface area contributed by atoms with Gasteiger partial charge in [-0.2, -0.15) is 8.42 Å². The van der Waals surface area contributed by atoms with Gasteiger partial charge < -0.3 is 4.90 Å². The first-order chi connectivity index (χ1) is 12.5. The summed E-state index contributed by atoms with van der Waals surface area (Å²) >= 11 is 3.31. The van der Waals surface area contributed by atoms with E-state index in [0.29, 0.717) is 5.84 Å². The van der Waals surface area contributed by atoms with E-state index in [4.69, 9.17) is 0 Å². The number of sulfonamides is 1. The zero-order chi connectivity index (χ0) is 18.6. The Morgan fingerprint density at radius 3 is 1.96 bits per heavy atom. The topological polar surface area (TPSA) is 49.7 Å². The monoisotopic (exact) mass is 428 g/mol. The minimum Gasteiger partial charge on any atom is -0.328 e. The third kappa shape index (κ3) is 4.20. The number of amidine groups is 1. The lowest BCUT2D eigenvalue weighted by atomic mass is 10.2. The van der Waals surface area contributed by atoms with Crippen molar-refractivity contribution >= 4 is 37.5 Å². The van der Waals surface area contributed by atoms with Crippen molar-refractivity contribution in [2.75, 3.05) is 11.9 Å². The maximum absolute atomic E-state index is 12.8. The molecule has 3 rings (SSSR count). The smallest absolute Gasteiger partial charge is 0.284 e. The third-order valence-corrected chi connectivity index (χ3v) is 5.62. The fourth-order valence-corrected chi connectivity index (χ4v) is 3.75. The van der Waals surface area contributed by atoms with E-state index in [1.807, 2.05) is 60.7 Å². The van der Waals surface area contributed by atoms with Gasteiger partial charge in [0, 0.05) is 22.8 Å². The van der Waals surface area contributed by atoms with Crippen molar-refractivity contribution in [3.8, 4) is 0 Å². The molecule has 3 aromatic rings. The second-order valence-electron chi connectivity index (χ2n) is 5.60. The van der Waals surface area contributed by atoms with Crippen LogP contribution in [0.1, 0.15) is 5.56 Å². The van der Waals surface area contributed by atoms with E-state index in [0.717, 1.165) is 15.7 Å². The molecule has 0 fully saturated rings. The zero-order valence-electron chi connectivity index (χ0n) is 14.1. The highest BCUT2D eigenvalue weighted by molar-refractivity contribution is 9.10. The Kier molecular flexibility index (Phi) is 5.54. The Bertz CT molecular complexity index is 1000. The van der Waals surface area contributed by atoms with Gasteiger partial charge in [-0.3, -0.25) is 0 Å². The highest BCUT2D eigenvalue weighted by Crippen LogP contribution is 2.21. The average molecular weight is 429 g/mol. The van der Waals surface area contributed by atoms with Crippen molar-refractivity contribution in [3.63, 3.8) is 0 Å². The number of para-hydroxylation sites is 1. The van der Waals surface area contributed by atoms with Gasteiger partial charge in [0.1, 0.15) is 0 Å². The molecule has 0 aliphatic heterocycles. The molecular weight excluding hydrogens is 412 g/mol. The number of hydrogen-bond acceptors (Lipinski definition) is 2. The van der Waals surface area contributed by atoms with Crippen LogP contribution in [-0.4, -0.2) is 21.3 Å². The SMILES string of the molecule is CN(C(=NS(=O)(=O)c1ccc(Br)cc1)c1ccccc1)c1ccccc1. The molecule has 0 spiro atoms. The number of hydrogen-bond donors (Lipinski definition) is 0. The van der Waals surface area contributed by atoms with E-state index >= 15 is 0 Å². The molecule has 3 aromatic carbocycles. The Hall–Kier alpha value is -2.44. The van der Waals surface area contributed by atoms with E-state index in [9.17, 15) is 8.42 Å². The second-order valence-corrected chi connectivity index (χ2v) is 8.12. The Morgan fingerprint density at radius 1 is 0.846 bits per heavy atom. The molecule has 6 heteroatoms. The van der Waals surface area contributed by atoms with Crippen LogP contribution in [0.4, 0.5) is 5.69 Å². The molecule has 4 nitrogen and oxygen atoms in total. The number of rotatable bonds is 4. The van der Waals surface area contributed by atoms with Crippen molar-refractivity contribution < 1.29 is 8.42 Å². The molecule has 0 saturated heterocycles. The van der Waals surface area contributed by atoms with Gasteiger partial charge in [-0.15, -0.1) is 4.40 Å². The molecule has 0 amide bonds. The van der Waals surface area contributed by atoms with Crippen LogP contribution in [0.25, 0.3) is 0 Å². The summed E-state index contributed by atoms with van der Waals surface area (Å²) in [5.74, 6) is 0.361. The fraction of sp³-hybridized carbons (Fsp3) is 0.0500. The highest BCUT2D eigenvalue weighted by atomic mass is 79.9. The Labute approximate surface area is 162 Å².